The quantitative estimate of drug-likeness (QED) is 0.0118. The van der Waals surface area contributed by atoms with Crippen molar-refractivity contribution >= 4 is 74.7 Å². The topological polar surface area (TPSA) is 506 Å². The van der Waals surface area contributed by atoms with Crippen LogP contribution in [-0.2, 0) is 128 Å². The summed E-state index contributed by atoms with van der Waals surface area (Å²) >= 11 is 0. The summed E-state index contributed by atoms with van der Waals surface area (Å²) in [6.07, 6.45) is 8.05. The average molecular weight is 1990 g/mol. The smallest absolute Gasteiger partial charge is 0.407 e. The van der Waals surface area contributed by atoms with Crippen LogP contribution in [0.4, 0.5) is 4.79 Å². The van der Waals surface area contributed by atoms with E-state index in [2.05, 4.69) is 29.8 Å². The fraction of sp³-hybridized carbons (Fsp3) is 0.903. The molecule has 4 amide bonds. The number of ether oxygens (including phenoxy) is 12. The maximum Gasteiger partial charge on any atom is 0.407 e. The number of carbonyl (C=O) groups excluding carboxylic acids is 9. The van der Waals surface area contributed by atoms with Crippen LogP contribution < -0.4 is 16.0 Å². The Bertz CT molecular complexity index is 2850. The van der Waals surface area contributed by atoms with Gasteiger partial charge in [0, 0.05) is 165 Å². The van der Waals surface area contributed by atoms with Crippen molar-refractivity contribution < 1.29 is 184 Å². The molecule has 0 bridgehead atoms. The van der Waals surface area contributed by atoms with E-state index < -0.39 is 123 Å². The van der Waals surface area contributed by atoms with E-state index >= 15 is 0 Å². The van der Waals surface area contributed by atoms with Gasteiger partial charge in [-0.05, 0) is 141 Å². The number of hydrogen-bond acceptors (Lipinski definition) is 33. The molecule has 17 atom stereocenters. The largest absolute Gasteiger partial charge is 0.466 e. The van der Waals surface area contributed by atoms with Crippen molar-refractivity contribution in [2.45, 2.75) is 383 Å². The predicted octanol–water partition coefficient (Wildman–Crippen LogP) is 8.26. The fourth-order valence-electron chi connectivity index (χ4n) is 16.2. The molecule has 0 aliphatic carbocycles. The number of carbonyl (C=O) groups is 9. The minimum Gasteiger partial charge on any atom is -0.466 e. The molecule has 4 fully saturated rings. The number of alkyl carbamates (subject to hydrolysis) is 1. The molecule has 4 aliphatic rings. The number of aliphatic hydroxyl groups excluding tert-OH is 10. The van der Waals surface area contributed by atoms with Crippen molar-refractivity contribution in [1.29, 1.82) is 0 Å². The average Bonchev–Trinajstić information content (AvgIpc) is 1.61. The number of Topliss-reactive ketones (excluding diaryl/α,β-unsaturated/α-hetero) is 3. The van der Waals surface area contributed by atoms with Gasteiger partial charge in [0.15, 0.2) is 18.9 Å². The molecule has 131 heavy (non-hydrogen) atoms. The Morgan fingerprint density at radius 2 is 0.794 bits per heavy atom. The molecule has 4 rings (SSSR count). The van der Waals surface area contributed by atoms with Crippen LogP contribution in [0, 0.1) is 23.2 Å². The molecule has 38 heteroatoms. The minimum atomic E-state index is -1.23. The maximum absolute atomic E-state index is 14.2. The van der Waals surface area contributed by atoms with E-state index in [0.717, 1.165) is 77.0 Å². The summed E-state index contributed by atoms with van der Waals surface area (Å²) < 4.78 is 68.3. The van der Waals surface area contributed by atoms with Crippen LogP contribution in [0.1, 0.15) is 292 Å². The molecular weight excluding hydrogens is 1820 g/mol. The standard InChI is InChI=1S/C92H164N4O31S2.CH4.Y/c1-65-81(109)84(112)73(62-98)125-87(65)121-47-24-32-69(101)30-16-10-7-15-23-46-95-90(115)124-52-29-42-92(40-27-50-119-79(107)36-17-11-8-13-21-44-93-76(104)33-25-48-122-88-66(2)82(110)85(113)74(63-99)126-88,41-28-51-120-80(108)37-18-12-9-14-22-45-94-77(105)34-26-49-123-89-67(3)83(111)86(114)75(64-100)127-89)59-71(103)39-53-117-54-55-118-56-57-128-129-91(4,5)43-38-70(102)31-19-20-35-78(106)96-60-72(116-6)58-68(96)61-97;;/h65-68,72-75,81-89,97-100,109-114H,7-64H2,1-6H3,(H,93,104)(H,94,105)(H,95,115);1H4;/t65?,66?,67?,68-,72+,73?,74?,75?,81?,82?,83?,84?,85?,86?,87?,88?,89?,92?;;/m1../s1. The molecule has 15 unspecified atom stereocenters. The summed E-state index contributed by atoms with van der Waals surface area (Å²) in [4.78, 5) is 119. The van der Waals surface area contributed by atoms with E-state index in [9.17, 15) is 94.2 Å². The van der Waals surface area contributed by atoms with Gasteiger partial charge in [-0.3, -0.25) is 38.4 Å². The van der Waals surface area contributed by atoms with Gasteiger partial charge < -0.3 is 129 Å². The molecule has 0 saturated carbocycles. The number of ketones is 3. The number of amides is 4. The number of esters is 2. The van der Waals surface area contributed by atoms with E-state index in [-0.39, 0.29) is 202 Å². The Morgan fingerprint density at radius 1 is 0.405 bits per heavy atom. The van der Waals surface area contributed by atoms with Gasteiger partial charge >= 0.3 is 18.0 Å². The van der Waals surface area contributed by atoms with Crippen LogP contribution in [0.15, 0.2) is 0 Å². The van der Waals surface area contributed by atoms with Crippen molar-refractivity contribution in [3.8, 4) is 0 Å². The molecule has 4 saturated heterocycles. The van der Waals surface area contributed by atoms with Crippen molar-refractivity contribution in [1.82, 2.24) is 20.9 Å². The second kappa shape index (κ2) is 73.8. The first-order valence-electron chi connectivity index (χ1n) is 47.9. The van der Waals surface area contributed by atoms with Gasteiger partial charge in [0.25, 0.3) is 0 Å². The van der Waals surface area contributed by atoms with Gasteiger partial charge in [-0.25, -0.2) is 4.79 Å². The van der Waals surface area contributed by atoms with Gasteiger partial charge in [-0.15, -0.1) is 0 Å². The Morgan fingerprint density at radius 3 is 1.24 bits per heavy atom. The van der Waals surface area contributed by atoms with Crippen LogP contribution in [0.2, 0.25) is 0 Å². The molecule has 35 nitrogen and oxygen atoms in total. The third kappa shape index (κ3) is 53.0. The van der Waals surface area contributed by atoms with E-state index in [0.29, 0.717) is 180 Å². The minimum absolute atomic E-state index is 0. The van der Waals surface area contributed by atoms with Crippen LogP contribution in [0.5, 0.6) is 0 Å². The van der Waals surface area contributed by atoms with Gasteiger partial charge in [-0.1, -0.05) is 108 Å². The number of rotatable bonds is 77. The predicted molar refractivity (Wildman–Crippen MR) is 489 cm³/mol. The van der Waals surface area contributed by atoms with E-state index in [1.807, 2.05) is 0 Å². The van der Waals surface area contributed by atoms with Gasteiger partial charge in [0.05, 0.1) is 123 Å². The number of likely N-dealkylation sites (tertiary alicyclic amines) is 1. The number of aliphatic hydroxyl groups is 10. The van der Waals surface area contributed by atoms with E-state index in [4.69, 9.17) is 56.8 Å². The summed E-state index contributed by atoms with van der Waals surface area (Å²) in [5.41, 5.74) is -0.680. The van der Waals surface area contributed by atoms with E-state index in [1.54, 1.807) is 54.4 Å². The van der Waals surface area contributed by atoms with Crippen molar-refractivity contribution in [3.05, 3.63) is 0 Å². The van der Waals surface area contributed by atoms with Crippen molar-refractivity contribution in [2.75, 3.05) is 132 Å². The zero-order valence-corrected chi connectivity index (χ0v) is 83.2. The first-order chi connectivity index (χ1) is 62.0. The molecular formula is C93H168N4O31S2Y. The van der Waals surface area contributed by atoms with Crippen LogP contribution >= 0.6 is 21.6 Å². The fourth-order valence-corrected chi connectivity index (χ4v) is 18.7. The first-order valence-corrected chi connectivity index (χ1v) is 50.2. The zero-order chi connectivity index (χ0) is 94.6. The first kappa shape index (κ1) is 124. The van der Waals surface area contributed by atoms with Crippen LogP contribution in [-0.4, -0.2) is 331 Å². The number of hydrogen-bond donors (Lipinski definition) is 13. The molecule has 1 radical (unpaired) electrons. The molecule has 0 aromatic heterocycles. The normalized spacial score (nSPS) is 24.3. The van der Waals surface area contributed by atoms with Gasteiger partial charge in [-0.2, -0.15) is 0 Å². The van der Waals surface area contributed by atoms with E-state index in [1.165, 1.54) is 0 Å². The second-order valence-corrected chi connectivity index (χ2v) is 38.9. The summed E-state index contributed by atoms with van der Waals surface area (Å²) in [5.74, 6) is -1.62. The molecule has 4 aliphatic heterocycles. The SMILES string of the molecule is C.CO[C@H]1C[C@H](CO)N(C(=O)CCCCC(=O)CCC(C)(C)SSCCOCCOCCC(=O)CC(CCCOC(=O)CCCCCCCNC(=O)CCCOC2OC(CO)C(O)C(O)C2C)(CCCOC(=O)CCCCCCCNC(=O)CCCOC2OC(CO)C(O)C(O)C2C)CCCOC(=O)NCCCCCCCC(=O)CCCOC2OC(CO)C(O)C(O)C2C)C1.[Y]. The third-order valence-corrected chi connectivity index (χ3v) is 27.8. The Hall–Kier alpha value is -3.33. The number of unbranched alkanes of at least 4 members (excludes halogenated alkanes) is 13. The second-order valence-electron chi connectivity index (χ2n) is 35.8. The molecule has 0 aromatic rings. The van der Waals surface area contributed by atoms with Crippen LogP contribution in [0.25, 0.3) is 0 Å². The number of methoxy groups -OCH3 is 1. The summed E-state index contributed by atoms with van der Waals surface area (Å²) in [5, 5.41) is 108. The Labute approximate surface area is 811 Å². The van der Waals surface area contributed by atoms with Crippen LogP contribution in [0.3, 0.4) is 0 Å². The molecule has 761 valence electrons. The maximum atomic E-state index is 14.2. The summed E-state index contributed by atoms with van der Waals surface area (Å²) in [7, 11) is 4.98. The zero-order valence-electron chi connectivity index (χ0n) is 78.7. The molecule has 0 spiro atoms. The summed E-state index contributed by atoms with van der Waals surface area (Å²) in [6, 6.07) is -0.233. The number of nitrogens with zero attached hydrogens (tertiary/aromatic N) is 1. The van der Waals surface area contributed by atoms with Crippen molar-refractivity contribution in [2.24, 2.45) is 23.2 Å². The van der Waals surface area contributed by atoms with Crippen molar-refractivity contribution in [3.63, 3.8) is 0 Å². The summed E-state index contributed by atoms with van der Waals surface area (Å²) in [6.45, 7) is 11.6. The molecule has 0 aromatic carbocycles. The molecule has 4 heterocycles. The Kier molecular flexibility index (Phi) is 69.7. The van der Waals surface area contributed by atoms with Gasteiger partial charge in [0.1, 0.15) is 54.0 Å². The van der Waals surface area contributed by atoms with Gasteiger partial charge in [0.2, 0.25) is 17.7 Å². The Balaban J connectivity index is 0.0000290. The molecule has 13 N–H and O–H groups in total. The third-order valence-electron chi connectivity index (χ3n) is 24.5. The monoisotopic (exact) mass is 1990 g/mol. The number of nitrogens with one attached hydrogen (secondary N) is 3.